The number of carbonyl (C=O) groups is 1. The lowest BCUT2D eigenvalue weighted by atomic mass is 10.2. The van der Waals surface area contributed by atoms with E-state index in [0.717, 1.165) is 31.9 Å². The van der Waals surface area contributed by atoms with E-state index in [0.29, 0.717) is 13.0 Å². The summed E-state index contributed by atoms with van der Waals surface area (Å²) in [7, 11) is 0. The standard InChI is InChI=1S/C14H18N2O3/c17-14-13(5-10-18-14)19-12-3-1-11(2-4-12)16-8-6-15-7-9-16/h1-4,13,15H,5-10H2. The summed E-state index contributed by atoms with van der Waals surface area (Å²) in [4.78, 5) is 13.7. The van der Waals surface area contributed by atoms with Crippen molar-refractivity contribution in [3.8, 4) is 5.75 Å². The van der Waals surface area contributed by atoms with Gasteiger partial charge in [-0.15, -0.1) is 0 Å². The lowest BCUT2D eigenvalue weighted by Gasteiger charge is -2.29. The number of rotatable bonds is 3. The van der Waals surface area contributed by atoms with Gasteiger partial charge in [-0.05, 0) is 24.3 Å². The first-order chi connectivity index (χ1) is 9.33. The van der Waals surface area contributed by atoms with E-state index in [1.54, 1.807) is 0 Å². The molecule has 2 saturated heterocycles. The molecular weight excluding hydrogens is 244 g/mol. The highest BCUT2D eigenvalue weighted by Gasteiger charge is 2.28. The van der Waals surface area contributed by atoms with Crippen molar-refractivity contribution >= 4 is 11.7 Å². The molecule has 0 aliphatic carbocycles. The van der Waals surface area contributed by atoms with Gasteiger partial charge in [0.25, 0.3) is 0 Å². The lowest BCUT2D eigenvalue weighted by molar-refractivity contribution is -0.143. The molecule has 2 fully saturated rings. The number of anilines is 1. The van der Waals surface area contributed by atoms with Crippen molar-refractivity contribution in [2.45, 2.75) is 12.5 Å². The first kappa shape index (κ1) is 12.3. The van der Waals surface area contributed by atoms with Crippen LogP contribution in [0.5, 0.6) is 5.75 Å². The summed E-state index contributed by atoms with van der Waals surface area (Å²) < 4.78 is 10.5. The van der Waals surface area contributed by atoms with Crippen LogP contribution >= 0.6 is 0 Å². The predicted molar refractivity (Wildman–Crippen MR) is 71.5 cm³/mol. The summed E-state index contributed by atoms with van der Waals surface area (Å²) in [6, 6.07) is 7.92. The van der Waals surface area contributed by atoms with Crippen LogP contribution in [0.25, 0.3) is 0 Å². The highest BCUT2D eigenvalue weighted by atomic mass is 16.6. The molecule has 102 valence electrons. The summed E-state index contributed by atoms with van der Waals surface area (Å²) >= 11 is 0. The third-order valence-corrected chi connectivity index (χ3v) is 3.48. The van der Waals surface area contributed by atoms with E-state index in [1.165, 1.54) is 5.69 Å². The Morgan fingerprint density at radius 3 is 2.58 bits per heavy atom. The monoisotopic (exact) mass is 262 g/mol. The average Bonchev–Trinajstić information content (AvgIpc) is 2.86. The van der Waals surface area contributed by atoms with Gasteiger partial charge in [0.2, 0.25) is 0 Å². The summed E-state index contributed by atoms with van der Waals surface area (Å²) in [5.41, 5.74) is 1.20. The molecule has 0 spiro atoms. The van der Waals surface area contributed by atoms with E-state index in [9.17, 15) is 4.79 Å². The Morgan fingerprint density at radius 1 is 1.21 bits per heavy atom. The van der Waals surface area contributed by atoms with Crippen molar-refractivity contribution in [3.63, 3.8) is 0 Å². The van der Waals surface area contributed by atoms with Crippen LogP contribution in [0.2, 0.25) is 0 Å². The molecule has 2 heterocycles. The number of hydrogen-bond acceptors (Lipinski definition) is 5. The highest BCUT2D eigenvalue weighted by molar-refractivity contribution is 5.76. The van der Waals surface area contributed by atoms with Crippen LogP contribution in [0.1, 0.15) is 6.42 Å². The van der Waals surface area contributed by atoms with Crippen molar-refractivity contribution in [1.82, 2.24) is 5.32 Å². The molecule has 2 aliphatic heterocycles. The minimum atomic E-state index is -0.440. The second kappa shape index (κ2) is 5.48. The van der Waals surface area contributed by atoms with E-state index in [1.807, 2.05) is 24.3 Å². The van der Waals surface area contributed by atoms with Gasteiger partial charge in [0.1, 0.15) is 5.75 Å². The SMILES string of the molecule is O=C1OCCC1Oc1ccc(N2CCNCC2)cc1. The first-order valence-electron chi connectivity index (χ1n) is 6.72. The molecule has 0 amide bonds. The Balaban J connectivity index is 1.63. The van der Waals surface area contributed by atoms with Crippen LogP contribution in [0.4, 0.5) is 5.69 Å². The average molecular weight is 262 g/mol. The Kier molecular flexibility index (Phi) is 3.55. The molecule has 0 saturated carbocycles. The Bertz CT molecular complexity index is 441. The molecule has 3 rings (SSSR count). The number of hydrogen-bond donors (Lipinski definition) is 1. The molecule has 1 aromatic rings. The highest BCUT2D eigenvalue weighted by Crippen LogP contribution is 2.22. The van der Waals surface area contributed by atoms with Gasteiger partial charge in [0.15, 0.2) is 6.10 Å². The fourth-order valence-electron chi connectivity index (χ4n) is 2.41. The van der Waals surface area contributed by atoms with Crippen LogP contribution < -0.4 is 15.0 Å². The maximum Gasteiger partial charge on any atom is 0.347 e. The van der Waals surface area contributed by atoms with E-state index < -0.39 is 6.10 Å². The topological polar surface area (TPSA) is 50.8 Å². The third-order valence-electron chi connectivity index (χ3n) is 3.48. The van der Waals surface area contributed by atoms with Gasteiger partial charge in [0.05, 0.1) is 6.61 Å². The summed E-state index contributed by atoms with van der Waals surface area (Å²) in [5, 5.41) is 3.33. The van der Waals surface area contributed by atoms with E-state index in [2.05, 4.69) is 10.2 Å². The maximum absolute atomic E-state index is 11.3. The zero-order valence-electron chi connectivity index (χ0n) is 10.8. The fourth-order valence-corrected chi connectivity index (χ4v) is 2.41. The molecule has 1 N–H and O–H groups in total. The number of carbonyl (C=O) groups excluding carboxylic acids is 1. The molecule has 1 atom stereocenters. The van der Waals surface area contributed by atoms with Gasteiger partial charge in [-0.1, -0.05) is 0 Å². The zero-order chi connectivity index (χ0) is 13.1. The number of ether oxygens (including phenoxy) is 2. The van der Waals surface area contributed by atoms with Crippen molar-refractivity contribution in [1.29, 1.82) is 0 Å². The molecule has 0 aromatic heterocycles. The van der Waals surface area contributed by atoms with Crippen LogP contribution in [0, 0.1) is 0 Å². The van der Waals surface area contributed by atoms with Crippen molar-refractivity contribution in [2.75, 3.05) is 37.7 Å². The number of benzene rings is 1. The molecule has 0 bridgehead atoms. The summed E-state index contributed by atoms with van der Waals surface area (Å²) in [6.07, 6.45) is 0.198. The van der Waals surface area contributed by atoms with Crippen molar-refractivity contribution in [2.24, 2.45) is 0 Å². The van der Waals surface area contributed by atoms with Gasteiger partial charge in [-0.2, -0.15) is 0 Å². The van der Waals surface area contributed by atoms with Crippen LogP contribution in [0.15, 0.2) is 24.3 Å². The molecule has 5 heteroatoms. The van der Waals surface area contributed by atoms with E-state index in [4.69, 9.17) is 9.47 Å². The number of nitrogens with one attached hydrogen (secondary N) is 1. The lowest BCUT2D eigenvalue weighted by Crippen LogP contribution is -2.43. The van der Waals surface area contributed by atoms with Gasteiger partial charge >= 0.3 is 5.97 Å². The van der Waals surface area contributed by atoms with Crippen LogP contribution in [-0.2, 0) is 9.53 Å². The van der Waals surface area contributed by atoms with Crippen LogP contribution in [0.3, 0.4) is 0 Å². The largest absolute Gasteiger partial charge is 0.479 e. The summed E-state index contributed by atoms with van der Waals surface area (Å²) in [6.45, 7) is 4.55. The Labute approximate surface area is 112 Å². The Morgan fingerprint density at radius 2 is 1.95 bits per heavy atom. The fraction of sp³-hybridized carbons (Fsp3) is 0.500. The molecule has 1 unspecified atom stereocenters. The number of esters is 1. The Hall–Kier alpha value is -1.75. The number of nitrogens with zero attached hydrogens (tertiary/aromatic N) is 1. The van der Waals surface area contributed by atoms with E-state index in [-0.39, 0.29) is 5.97 Å². The molecule has 0 radical (unpaired) electrons. The minimum Gasteiger partial charge on any atom is -0.479 e. The molecule has 1 aromatic carbocycles. The van der Waals surface area contributed by atoms with Crippen molar-refractivity contribution < 1.29 is 14.3 Å². The number of cyclic esters (lactones) is 1. The smallest absolute Gasteiger partial charge is 0.347 e. The number of piperazine rings is 1. The second-order valence-corrected chi connectivity index (χ2v) is 4.79. The van der Waals surface area contributed by atoms with E-state index >= 15 is 0 Å². The van der Waals surface area contributed by atoms with Crippen LogP contribution in [-0.4, -0.2) is 44.9 Å². The van der Waals surface area contributed by atoms with Gasteiger partial charge in [-0.3, -0.25) is 0 Å². The summed E-state index contributed by atoms with van der Waals surface area (Å²) in [5.74, 6) is 0.467. The molecule has 5 nitrogen and oxygen atoms in total. The molecule has 19 heavy (non-hydrogen) atoms. The second-order valence-electron chi connectivity index (χ2n) is 4.79. The molecular formula is C14H18N2O3. The predicted octanol–water partition coefficient (Wildman–Crippen LogP) is 0.790. The minimum absolute atomic E-state index is 0.258. The maximum atomic E-state index is 11.3. The third kappa shape index (κ3) is 2.81. The normalized spacial score (nSPS) is 23.3. The zero-order valence-corrected chi connectivity index (χ0v) is 10.8. The van der Waals surface area contributed by atoms with Gasteiger partial charge in [0, 0.05) is 38.3 Å². The molecule has 2 aliphatic rings. The van der Waals surface area contributed by atoms with Gasteiger partial charge < -0.3 is 19.7 Å². The van der Waals surface area contributed by atoms with Gasteiger partial charge in [-0.25, -0.2) is 4.79 Å². The first-order valence-corrected chi connectivity index (χ1v) is 6.72. The quantitative estimate of drug-likeness (QED) is 0.816. The van der Waals surface area contributed by atoms with Crippen molar-refractivity contribution in [3.05, 3.63) is 24.3 Å².